The molecule has 0 N–H and O–H groups in total. The number of thioether (sulfide) groups is 1. The number of thiol groups is 2. The third kappa shape index (κ3) is 8.29. The summed E-state index contributed by atoms with van der Waals surface area (Å²) in [6, 6.07) is 0. The van der Waals surface area contributed by atoms with Crippen LogP contribution in [0, 0.1) is 0 Å². The lowest BCUT2D eigenvalue weighted by molar-refractivity contribution is -0.117. The molecule has 0 rings (SSSR count). The van der Waals surface area contributed by atoms with Gasteiger partial charge in [0.25, 0.3) is 0 Å². The predicted octanol–water partition coefficient (Wildman–Crippen LogP) is 1.41. The fraction of sp³-hybridized carbons (Fsp3) is 0.667. The van der Waals surface area contributed by atoms with Crippen LogP contribution in [0.3, 0.4) is 0 Å². The zero-order chi connectivity index (χ0) is 8.69. The Morgan fingerprint density at radius 2 is 2.00 bits per heavy atom. The molecule has 0 amide bonds. The Bertz CT molecular complexity index is 147. The first-order valence-electron chi connectivity index (χ1n) is 3.15. The lowest BCUT2D eigenvalue weighted by atomic mass is 10.5. The van der Waals surface area contributed by atoms with Crippen LogP contribution in [-0.4, -0.2) is 21.7 Å². The van der Waals surface area contributed by atoms with Crippen molar-refractivity contribution in [2.24, 2.45) is 0 Å². The highest BCUT2D eigenvalue weighted by molar-refractivity contribution is 8.13. The number of carbonyl (C=O) groups excluding carboxylic acids is 2. The molecule has 64 valence electrons. The second-order valence-corrected chi connectivity index (χ2v) is 3.97. The van der Waals surface area contributed by atoms with E-state index in [0.29, 0.717) is 0 Å². The van der Waals surface area contributed by atoms with Crippen LogP contribution in [0.2, 0.25) is 0 Å². The molecule has 0 bridgehead atoms. The lowest BCUT2D eigenvalue weighted by Gasteiger charge is -1.95. The summed E-state index contributed by atoms with van der Waals surface area (Å²) in [5, 5.41) is -0.472. The number of hydrogen-bond donors (Lipinski definition) is 2. The van der Waals surface area contributed by atoms with Crippen molar-refractivity contribution in [3.63, 3.8) is 0 Å². The summed E-state index contributed by atoms with van der Waals surface area (Å²) in [5.74, 6) is 1.51. The molecule has 0 aliphatic carbocycles. The Hall–Kier alpha value is 0.390. The van der Waals surface area contributed by atoms with Crippen LogP contribution in [0.5, 0.6) is 0 Å². The van der Waals surface area contributed by atoms with Gasteiger partial charge in [0.05, 0.1) is 6.42 Å². The van der Waals surface area contributed by atoms with Crippen molar-refractivity contribution in [2.45, 2.75) is 12.8 Å². The normalized spacial score (nSPS) is 9.64. The number of hydrogen-bond acceptors (Lipinski definition) is 4. The number of rotatable bonds is 5. The van der Waals surface area contributed by atoms with E-state index in [0.717, 1.165) is 17.9 Å². The smallest absolute Gasteiger partial charge is 0.197 e. The molecule has 0 aromatic carbocycles. The molecular formula is C6H10O2S3. The monoisotopic (exact) mass is 210 g/mol. The highest BCUT2D eigenvalue weighted by Crippen LogP contribution is 2.08. The molecule has 0 aromatic rings. The Labute approximate surface area is 81.3 Å². The average Bonchev–Trinajstić information content (AvgIpc) is 1.86. The van der Waals surface area contributed by atoms with E-state index in [2.05, 4.69) is 25.3 Å². The maximum Gasteiger partial charge on any atom is 0.197 e. The minimum atomic E-state index is -0.367. The summed E-state index contributed by atoms with van der Waals surface area (Å²) in [7, 11) is 0. The Morgan fingerprint density at radius 3 is 2.45 bits per heavy atom. The van der Waals surface area contributed by atoms with Gasteiger partial charge in [0, 0.05) is 5.75 Å². The lowest BCUT2D eigenvalue weighted by Crippen LogP contribution is -1.98. The first kappa shape index (κ1) is 11.4. The van der Waals surface area contributed by atoms with E-state index in [1.807, 2.05) is 0 Å². The molecule has 5 heteroatoms. The largest absolute Gasteiger partial charge is 0.287 e. The van der Waals surface area contributed by atoms with Gasteiger partial charge in [-0.05, 0) is 12.2 Å². The minimum absolute atomic E-state index is 0.0691. The maximum atomic E-state index is 10.8. The Balaban J connectivity index is 3.30. The van der Waals surface area contributed by atoms with Gasteiger partial charge in [-0.1, -0.05) is 11.8 Å². The fourth-order valence-electron chi connectivity index (χ4n) is 0.425. The van der Waals surface area contributed by atoms with Crippen LogP contribution in [0.25, 0.3) is 0 Å². The maximum absolute atomic E-state index is 10.8. The van der Waals surface area contributed by atoms with Crippen LogP contribution in [0.15, 0.2) is 0 Å². The van der Waals surface area contributed by atoms with Crippen molar-refractivity contribution in [1.82, 2.24) is 0 Å². The molecule has 0 atom stereocenters. The third-order valence-electron chi connectivity index (χ3n) is 0.861. The van der Waals surface area contributed by atoms with E-state index in [9.17, 15) is 9.59 Å². The van der Waals surface area contributed by atoms with Crippen molar-refractivity contribution in [1.29, 1.82) is 0 Å². The van der Waals surface area contributed by atoms with Crippen molar-refractivity contribution in [3.05, 3.63) is 0 Å². The van der Waals surface area contributed by atoms with Crippen LogP contribution < -0.4 is 0 Å². The molecule has 0 aliphatic heterocycles. The topological polar surface area (TPSA) is 34.1 Å². The van der Waals surface area contributed by atoms with Crippen molar-refractivity contribution in [3.8, 4) is 0 Å². The third-order valence-corrected chi connectivity index (χ3v) is 2.29. The summed E-state index contributed by atoms with van der Waals surface area (Å²) in [6.07, 6.45) is 0.820. The summed E-state index contributed by atoms with van der Waals surface area (Å²) >= 11 is 8.65. The molecule has 11 heavy (non-hydrogen) atoms. The minimum Gasteiger partial charge on any atom is -0.287 e. The molecule has 0 radical (unpaired) electrons. The van der Waals surface area contributed by atoms with Gasteiger partial charge in [0.1, 0.15) is 0 Å². The summed E-state index contributed by atoms with van der Waals surface area (Å²) in [5.41, 5.74) is 0. The zero-order valence-corrected chi connectivity index (χ0v) is 8.55. The second-order valence-electron chi connectivity index (χ2n) is 1.87. The van der Waals surface area contributed by atoms with Crippen LogP contribution >= 0.6 is 37.0 Å². The molecule has 0 unspecified atom stereocenters. The molecule has 0 fully saturated rings. The SMILES string of the molecule is O=C(S)CC(=O)SCCCS. The van der Waals surface area contributed by atoms with Gasteiger partial charge in [0.2, 0.25) is 0 Å². The van der Waals surface area contributed by atoms with Crippen LogP contribution in [0.4, 0.5) is 0 Å². The molecule has 0 aliphatic rings. The van der Waals surface area contributed by atoms with E-state index in [4.69, 9.17) is 0 Å². The van der Waals surface area contributed by atoms with Gasteiger partial charge in [-0.15, -0.1) is 12.6 Å². The van der Waals surface area contributed by atoms with E-state index < -0.39 is 0 Å². The summed E-state index contributed by atoms with van der Waals surface area (Å²) in [4.78, 5) is 21.1. The second kappa shape index (κ2) is 7.06. The van der Waals surface area contributed by atoms with Gasteiger partial charge in [-0.3, -0.25) is 9.59 Å². The summed E-state index contributed by atoms with van der Waals surface area (Å²) < 4.78 is 0. The van der Waals surface area contributed by atoms with Crippen molar-refractivity contribution in [2.75, 3.05) is 11.5 Å². The molecular weight excluding hydrogens is 200 g/mol. The highest BCUT2D eigenvalue weighted by atomic mass is 32.2. The highest BCUT2D eigenvalue weighted by Gasteiger charge is 2.05. The molecule has 0 saturated heterocycles. The Morgan fingerprint density at radius 1 is 1.36 bits per heavy atom. The van der Waals surface area contributed by atoms with Crippen LogP contribution in [0.1, 0.15) is 12.8 Å². The fourth-order valence-corrected chi connectivity index (χ4v) is 1.80. The van der Waals surface area contributed by atoms with E-state index in [-0.39, 0.29) is 16.7 Å². The van der Waals surface area contributed by atoms with Gasteiger partial charge in [-0.25, -0.2) is 0 Å². The summed E-state index contributed by atoms with van der Waals surface area (Å²) in [6.45, 7) is 0. The average molecular weight is 210 g/mol. The Kier molecular flexibility index (Phi) is 7.31. The molecule has 0 saturated carbocycles. The standard InChI is InChI=1S/C6H10O2S3/c7-5(10)4-6(8)11-3-1-2-9/h9H,1-4H2,(H,7,10). The van der Waals surface area contributed by atoms with E-state index in [1.54, 1.807) is 0 Å². The molecule has 0 spiro atoms. The molecule has 0 aromatic heterocycles. The van der Waals surface area contributed by atoms with E-state index in [1.165, 1.54) is 11.8 Å². The van der Waals surface area contributed by atoms with Crippen molar-refractivity contribution >= 4 is 47.3 Å². The van der Waals surface area contributed by atoms with E-state index >= 15 is 0 Å². The molecule has 0 heterocycles. The first-order valence-corrected chi connectivity index (χ1v) is 5.21. The predicted molar refractivity (Wildman–Crippen MR) is 54.5 cm³/mol. The first-order chi connectivity index (χ1) is 5.16. The van der Waals surface area contributed by atoms with Gasteiger partial charge in [-0.2, -0.15) is 12.6 Å². The van der Waals surface area contributed by atoms with Gasteiger partial charge >= 0.3 is 0 Å². The van der Waals surface area contributed by atoms with Gasteiger partial charge in [0.15, 0.2) is 10.2 Å². The van der Waals surface area contributed by atoms with Gasteiger partial charge < -0.3 is 0 Å². The van der Waals surface area contributed by atoms with Crippen molar-refractivity contribution < 1.29 is 9.59 Å². The van der Waals surface area contributed by atoms with Crippen LogP contribution in [-0.2, 0) is 9.59 Å². The quantitative estimate of drug-likeness (QED) is 0.409. The zero-order valence-electron chi connectivity index (χ0n) is 5.95. The molecule has 2 nitrogen and oxygen atoms in total. The number of carbonyl (C=O) groups is 2.